The Morgan fingerprint density at radius 1 is 1.00 bits per heavy atom. The zero-order valence-electron chi connectivity index (χ0n) is 20.0. The summed E-state index contributed by atoms with van der Waals surface area (Å²) in [6, 6.07) is 17.1. The van der Waals surface area contributed by atoms with Crippen LogP contribution in [0.5, 0.6) is 11.5 Å². The van der Waals surface area contributed by atoms with Crippen LogP contribution in [0.1, 0.15) is 35.2 Å². The molecule has 1 aliphatic heterocycles. The number of hydrogen-bond donors (Lipinski definition) is 1. The van der Waals surface area contributed by atoms with Crippen molar-refractivity contribution < 1.29 is 24.2 Å². The van der Waals surface area contributed by atoms with Crippen LogP contribution in [0.4, 0.5) is 5.69 Å². The zero-order valence-corrected chi connectivity index (χ0v) is 21.5. The van der Waals surface area contributed by atoms with E-state index < -0.39 is 17.7 Å². The number of nitrogens with zero attached hydrogens (tertiary/aromatic N) is 1. The van der Waals surface area contributed by atoms with E-state index in [1.807, 2.05) is 39.0 Å². The summed E-state index contributed by atoms with van der Waals surface area (Å²) < 4.78 is 12.0. The Morgan fingerprint density at radius 2 is 1.71 bits per heavy atom. The van der Waals surface area contributed by atoms with Crippen LogP contribution < -0.4 is 14.4 Å². The van der Waals surface area contributed by atoms with Gasteiger partial charge in [0.1, 0.15) is 5.76 Å². The Morgan fingerprint density at radius 3 is 2.37 bits per heavy atom. The third-order valence-electron chi connectivity index (χ3n) is 5.99. The maximum atomic E-state index is 13.5. The third-order valence-corrected chi connectivity index (χ3v) is 6.52. The molecule has 0 radical (unpaired) electrons. The summed E-state index contributed by atoms with van der Waals surface area (Å²) in [7, 11) is 1.55. The van der Waals surface area contributed by atoms with Gasteiger partial charge in [-0.25, -0.2) is 0 Å². The zero-order chi connectivity index (χ0) is 25.3. The van der Waals surface area contributed by atoms with Crippen molar-refractivity contribution in [3.05, 3.63) is 93.0 Å². The normalized spacial score (nSPS) is 17.1. The van der Waals surface area contributed by atoms with Crippen LogP contribution in [0, 0.1) is 13.8 Å². The highest BCUT2D eigenvalue weighted by Gasteiger charge is 2.47. The van der Waals surface area contributed by atoms with E-state index in [0.29, 0.717) is 34.9 Å². The fourth-order valence-corrected chi connectivity index (χ4v) is 4.53. The lowest BCUT2D eigenvalue weighted by Gasteiger charge is -2.27. The van der Waals surface area contributed by atoms with Crippen LogP contribution in [0.3, 0.4) is 0 Å². The molecule has 0 aromatic heterocycles. The summed E-state index contributed by atoms with van der Waals surface area (Å²) >= 11 is 3.39. The molecule has 0 saturated carbocycles. The molecule has 0 bridgehead atoms. The molecule has 6 nitrogen and oxygen atoms in total. The first-order valence-corrected chi connectivity index (χ1v) is 12.0. The number of ether oxygens (including phenoxy) is 2. The van der Waals surface area contributed by atoms with Crippen LogP contribution in [0.2, 0.25) is 0 Å². The predicted octanol–water partition coefficient (Wildman–Crippen LogP) is 6.10. The van der Waals surface area contributed by atoms with Gasteiger partial charge in [-0.05, 0) is 67.8 Å². The Kier molecular flexibility index (Phi) is 6.98. The highest BCUT2D eigenvalue weighted by Crippen LogP contribution is 2.45. The van der Waals surface area contributed by atoms with Crippen molar-refractivity contribution in [2.75, 3.05) is 18.6 Å². The number of aryl methyl sites for hydroxylation is 2. The summed E-state index contributed by atoms with van der Waals surface area (Å²) in [5, 5.41) is 11.3. The minimum Gasteiger partial charge on any atom is -0.507 e. The van der Waals surface area contributed by atoms with Gasteiger partial charge in [-0.3, -0.25) is 14.5 Å². The molecule has 1 unspecified atom stereocenters. The van der Waals surface area contributed by atoms with Crippen molar-refractivity contribution in [3.63, 3.8) is 0 Å². The average molecular weight is 536 g/mol. The molecule has 1 fully saturated rings. The largest absolute Gasteiger partial charge is 0.507 e. The first kappa shape index (κ1) is 24.5. The molecule has 4 rings (SSSR count). The molecule has 0 aliphatic carbocycles. The number of benzene rings is 3. The topological polar surface area (TPSA) is 76.1 Å². The molecular weight excluding hydrogens is 510 g/mol. The van der Waals surface area contributed by atoms with Gasteiger partial charge < -0.3 is 14.6 Å². The highest BCUT2D eigenvalue weighted by molar-refractivity contribution is 9.10. The quantitative estimate of drug-likeness (QED) is 0.234. The molecule has 1 N–H and O–H groups in total. The van der Waals surface area contributed by atoms with Crippen molar-refractivity contribution in [3.8, 4) is 11.5 Å². The number of hydrogen-bond acceptors (Lipinski definition) is 5. The summed E-state index contributed by atoms with van der Waals surface area (Å²) in [5.41, 5.74) is 3.48. The molecule has 1 amide bonds. The number of halogens is 1. The summed E-state index contributed by atoms with van der Waals surface area (Å²) in [5.74, 6) is -0.654. The third kappa shape index (κ3) is 4.56. The van der Waals surface area contributed by atoms with Crippen LogP contribution >= 0.6 is 15.9 Å². The van der Waals surface area contributed by atoms with Gasteiger partial charge in [0.15, 0.2) is 11.5 Å². The monoisotopic (exact) mass is 535 g/mol. The van der Waals surface area contributed by atoms with Gasteiger partial charge in [-0.15, -0.1) is 0 Å². The molecular formula is C28H26BrNO5. The molecule has 3 aromatic carbocycles. The fourth-order valence-electron chi connectivity index (χ4n) is 4.27. The maximum Gasteiger partial charge on any atom is 0.300 e. The Balaban J connectivity index is 1.99. The highest BCUT2D eigenvalue weighted by atomic mass is 79.9. The van der Waals surface area contributed by atoms with E-state index >= 15 is 0 Å². The lowest BCUT2D eigenvalue weighted by molar-refractivity contribution is -0.132. The van der Waals surface area contributed by atoms with E-state index in [1.54, 1.807) is 49.6 Å². The fraction of sp³-hybridized carbons (Fsp3) is 0.214. The van der Waals surface area contributed by atoms with E-state index in [1.165, 1.54) is 4.90 Å². The van der Waals surface area contributed by atoms with Gasteiger partial charge in [0.05, 0.1) is 25.3 Å². The van der Waals surface area contributed by atoms with Gasteiger partial charge in [0.25, 0.3) is 11.7 Å². The Hall–Kier alpha value is -3.58. The Bertz CT molecular complexity index is 1330. The number of ketones is 1. The van der Waals surface area contributed by atoms with Crippen molar-refractivity contribution in [1.82, 2.24) is 0 Å². The lowest BCUT2D eigenvalue weighted by atomic mass is 9.94. The molecule has 1 aliphatic rings. The number of anilines is 1. The molecule has 180 valence electrons. The molecule has 1 saturated heterocycles. The van der Waals surface area contributed by atoms with Crippen molar-refractivity contribution in [1.29, 1.82) is 0 Å². The lowest BCUT2D eigenvalue weighted by Crippen LogP contribution is -2.30. The van der Waals surface area contributed by atoms with Gasteiger partial charge >= 0.3 is 0 Å². The number of rotatable bonds is 6. The second kappa shape index (κ2) is 9.96. The van der Waals surface area contributed by atoms with E-state index in [4.69, 9.17) is 9.47 Å². The van der Waals surface area contributed by atoms with Gasteiger partial charge in [-0.1, -0.05) is 46.3 Å². The molecule has 1 heterocycles. The van der Waals surface area contributed by atoms with E-state index in [9.17, 15) is 14.7 Å². The number of methoxy groups -OCH3 is 1. The number of carbonyl (C=O) groups excluding carboxylic acids is 2. The molecule has 7 heteroatoms. The van der Waals surface area contributed by atoms with Gasteiger partial charge in [0.2, 0.25) is 0 Å². The molecule has 0 spiro atoms. The molecule has 3 aromatic rings. The second-order valence-corrected chi connectivity index (χ2v) is 9.22. The average Bonchev–Trinajstić information content (AvgIpc) is 3.11. The van der Waals surface area contributed by atoms with Gasteiger partial charge in [-0.2, -0.15) is 0 Å². The maximum absolute atomic E-state index is 13.5. The number of carbonyl (C=O) groups is 2. The smallest absolute Gasteiger partial charge is 0.300 e. The standard InChI is InChI=1S/C28H26BrNO5/c1-5-35-23-15-19(10-13-22(23)34-4)25-24(26(31)18-8-11-20(29)12-9-18)27(32)28(33)30(25)21-14-16(2)6-7-17(21)3/h6-15,25,31H,5H2,1-4H3/b26-24-. The van der Waals surface area contributed by atoms with Crippen molar-refractivity contribution in [2.45, 2.75) is 26.8 Å². The molecule has 1 atom stereocenters. The van der Waals surface area contributed by atoms with Crippen LogP contribution in [0.25, 0.3) is 5.76 Å². The number of amides is 1. The van der Waals surface area contributed by atoms with E-state index in [2.05, 4.69) is 15.9 Å². The van der Waals surface area contributed by atoms with Crippen LogP contribution in [-0.4, -0.2) is 30.5 Å². The van der Waals surface area contributed by atoms with Crippen molar-refractivity contribution >= 4 is 39.1 Å². The Labute approximate surface area is 212 Å². The van der Waals surface area contributed by atoms with Crippen molar-refractivity contribution in [2.24, 2.45) is 0 Å². The van der Waals surface area contributed by atoms with Gasteiger partial charge in [0, 0.05) is 15.7 Å². The van der Waals surface area contributed by atoms with E-state index in [0.717, 1.165) is 15.6 Å². The second-order valence-electron chi connectivity index (χ2n) is 8.31. The number of Topliss-reactive ketones (excluding diaryl/α,β-unsaturated/α-hetero) is 1. The number of aliphatic hydroxyl groups is 1. The summed E-state index contributed by atoms with van der Waals surface area (Å²) in [6.45, 7) is 6.09. The minimum absolute atomic E-state index is 0.0193. The minimum atomic E-state index is -0.857. The van der Waals surface area contributed by atoms with Crippen LogP contribution in [0.15, 0.2) is 70.7 Å². The summed E-state index contributed by atoms with van der Waals surface area (Å²) in [6.07, 6.45) is 0. The van der Waals surface area contributed by atoms with E-state index in [-0.39, 0.29) is 11.3 Å². The predicted molar refractivity (Wildman–Crippen MR) is 139 cm³/mol. The number of aliphatic hydroxyl groups excluding tert-OH is 1. The summed E-state index contributed by atoms with van der Waals surface area (Å²) in [4.78, 5) is 28.3. The van der Waals surface area contributed by atoms with Crippen LogP contribution in [-0.2, 0) is 9.59 Å². The first-order valence-electron chi connectivity index (χ1n) is 11.2. The SMILES string of the molecule is CCOc1cc(C2/C(=C(/O)c3ccc(Br)cc3)C(=O)C(=O)N2c2cc(C)ccc2C)ccc1OC. The molecule has 35 heavy (non-hydrogen) atoms. The first-order chi connectivity index (χ1) is 16.8.